The Morgan fingerprint density at radius 1 is 0.466 bits per heavy atom. The van der Waals surface area contributed by atoms with Gasteiger partial charge in [0.15, 0.2) is 0 Å². The summed E-state index contributed by atoms with van der Waals surface area (Å²) >= 11 is 0. The van der Waals surface area contributed by atoms with Crippen molar-refractivity contribution in [3.05, 3.63) is 174 Å². The second-order valence-electron chi connectivity index (χ2n) is 17.7. The van der Waals surface area contributed by atoms with Gasteiger partial charge >= 0.3 is 0 Å². The van der Waals surface area contributed by atoms with Crippen molar-refractivity contribution >= 4 is 93.3 Å². The van der Waals surface area contributed by atoms with Crippen LogP contribution < -0.4 is 4.90 Å². The number of nitrogens with zero attached hydrogens (tertiary/aromatic N) is 1. The van der Waals surface area contributed by atoms with Crippen LogP contribution in [0.15, 0.2) is 167 Å². The first-order valence-electron chi connectivity index (χ1n) is 20.3. The molecule has 3 heteroatoms. The van der Waals surface area contributed by atoms with Gasteiger partial charge in [0.25, 0.3) is 0 Å². The maximum absolute atomic E-state index is 7.06. The van der Waals surface area contributed by atoms with E-state index in [9.17, 15) is 0 Å². The van der Waals surface area contributed by atoms with E-state index >= 15 is 0 Å². The number of fused-ring (bicyclic) bond motifs is 16. The first-order chi connectivity index (χ1) is 28.2. The molecule has 0 saturated heterocycles. The van der Waals surface area contributed by atoms with E-state index in [0.717, 1.165) is 55.6 Å². The summed E-state index contributed by atoms with van der Waals surface area (Å²) in [5.41, 5.74) is 12.8. The molecule has 0 fully saturated rings. The minimum Gasteiger partial charge on any atom is -0.456 e. The minimum atomic E-state index is -0.315. The van der Waals surface area contributed by atoms with E-state index in [2.05, 4.69) is 191 Å². The molecule has 58 heavy (non-hydrogen) atoms. The van der Waals surface area contributed by atoms with Gasteiger partial charge in [-0.15, -0.1) is 0 Å². The van der Waals surface area contributed by atoms with Crippen molar-refractivity contribution in [3.63, 3.8) is 0 Å². The molecule has 0 aliphatic heterocycles. The van der Waals surface area contributed by atoms with Gasteiger partial charge in [0.1, 0.15) is 22.3 Å². The highest BCUT2D eigenvalue weighted by Gasteiger charge is 2.42. The lowest BCUT2D eigenvalue weighted by molar-refractivity contribution is 0.594. The lowest BCUT2D eigenvalue weighted by Crippen LogP contribution is -2.16. The lowest BCUT2D eigenvalue weighted by atomic mass is 9.80. The van der Waals surface area contributed by atoms with Crippen LogP contribution in [0.2, 0.25) is 0 Å². The second-order valence-corrected chi connectivity index (χ2v) is 17.7. The molecule has 1 aliphatic carbocycles. The normalized spacial score (nSPS) is 13.7. The number of anilines is 3. The first kappa shape index (κ1) is 33.3. The molecule has 0 bridgehead atoms. The van der Waals surface area contributed by atoms with Crippen LogP contribution in [-0.4, -0.2) is 0 Å². The molecule has 0 atom stereocenters. The van der Waals surface area contributed by atoms with E-state index in [1.54, 1.807) is 0 Å². The third kappa shape index (κ3) is 4.50. The van der Waals surface area contributed by atoms with Gasteiger partial charge in [-0.3, -0.25) is 0 Å². The molecular weight excluding hydrogens is 707 g/mol. The Morgan fingerprint density at radius 2 is 1.03 bits per heavy atom. The van der Waals surface area contributed by atoms with Gasteiger partial charge in [0.2, 0.25) is 0 Å². The monoisotopic (exact) mass is 747 g/mol. The fourth-order valence-electron chi connectivity index (χ4n) is 10.3. The summed E-state index contributed by atoms with van der Waals surface area (Å²) in [6.07, 6.45) is 0. The van der Waals surface area contributed by atoms with E-state index in [0.29, 0.717) is 0 Å². The molecule has 11 aromatic rings. The number of hydrogen-bond donors (Lipinski definition) is 0. The fourth-order valence-corrected chi connectivity index (χ4v) is 10.3. The van der Waals surface area contributed by atoms with Crippen LogP contribution in [0.1, 0.15) is 51.3 Å². The minimum absolute atomic E-state index is 0.0940. The van der Waals surface area contributed by atoms with Gasteiger partial charge in [0, 0.05) is 49.5 Å². The van der Waals surface area contributed by atoms with Crippen molar-refractivity contribution < 1.29 is 8.83 Å². The van der Waals surface area contributed by atoms with Gasteiger partial charge < -0.3 is 13.7 Å². The summed E-state index contributed by atoms with van der Waals surface area (Å²) in [7, 11) is 0. The SMILES string of the molecule is CC(C)(C)c1cccc2oc3c4c(c(N(c5ccc6oc7ccccc7c6c5)c5ccc6c7ccccc7c7ccccc7c6c5)cc3c12)-c1ccccc1C4(C)C. The maximum Gasteiger partial charge on any atom is 0.140 e. The summed E-state index contributed by atoms with van der Waals surface area (Å²) in [5, 5.41) is 12.1. The highest BCUT2D eigenvalue weighted by atomic mass is 16.3. The van der Waals surface area contributed by atoms with Crippen molar-refractivity contribution in [2.45, 2.75) is 45.4 Å². The van der Waals surface area contributed by atoms with Crippen molar-refractivity contribution in [2.75, 3.05) is 4.90 Å². The number of furan rings is 2. The van der Waals surface area contributed by atoms with Gasteiger partial charge in [-0.2, -0.15) is 0 Å². The molecule has 12 rings (SSSR count). The van der Waals surface area contributed by atoms with E-state index in [1.807, 2.05) is 6.07 Å². The summed E-state index contributed by atoms with van der Waals surface area (Å²) in [6.45, 7) is 11.6. The molecule has 0 amide bonds. The van der Waals surface area contributed by atoms with Crippen LogP contribution in [0.3, 0.4) is 0 Å². The van der Waals surface area contributed by atoms with Gasteiger partial charge in [0.05, 0.1) is 5.69 Å². The Kier molecular flexibility index (Phi) is 6.67. The molecule has 0 unspecified atom stereocenters. The Morgan fingerprint density at radius 3 is 1.76 bits per heavy atom. The maximum atomic E-state index is 7.06. The molecule has 0 spiro atoms. The van der Waals surface area contributed by atoms with E-state index in [1.165, 1.54) is 65.5 Å². The molecule has 1 aliphatic rings. The van der Waals surface area contributed by atoms with Crippen molar-refractivity contribution in [1.82, 2.24) is 0 Å². The first-order valence-corrected chi connectivity index (χ1v) is 20.3. The number of hydrogen-bond acceptors (Lipinski definition) is 3. The van der Waals surface area contributed by atoms with E-state index < -0.39 is 0 Å². The molecule has 278 valence electrons. The third-order valence-corrected chi connectivity index (χ3v) is 12.9. The van der Waals surface area contributed by atoms with Crippen molar-refractivity contribution in [3.8, 4) is 11.1 Å². The number of para-hydroxylation sites is 1. The van der Waals surface area contributed by atoms with Crippen LogP contribution in [0, 0.1) is 0 Å². The summed E-state index contributed by atoms with van der Waals surface area (Å²) in [5.74, 6) is 0. The molecule has 2 heterocycles. The summed E-state index contributed by atoms with van der Waals surface area (Å²) in [6, 6.07) is 57.7. The average molecular weight is 748 g/mol. The Hall–Kier alpha value is -6.84. The highest BCUT2D eigenvalue weighted by Crippen LogP contribution is 2.58. The zero-order chi connectivity index (χ0) is 39.1. The van der Waals surface area contributed by atoms with Gasteiger partial charge in [-0.1, -0.05) is 144 Å². The predicted molar refractivity (Wildman–Crippen MR) is 244 cm³/mol. The largest absolute Gasteiger partial charge is 0.456 e. The summed E-state index contributed by atoms with van der Waals surface area (Å²) < 4.78 is 13.5. The second kappa shape index (κ2) is 11.6. The van der Waals surface area contributed by atoms with E-state index in [4.69, 9.17) is 8.83 Å². The third-order valence-electron chi connectivity index (χ3n) is 12.9. The van der Waals surface area contributed by atoms with E-state index in [-0.39, 0.29) is 10.8 Å². The van der Waals surface area contributed by atoms with Crippen LogP contribution in [0.5, 0.6) is 0 Å². The van der Waals surface area contributed by atoms with Crippen LogP contribution in [-0.2, 0) is 10.8 Å². The highest BCUT2D eigenvalue weighted by molar-refractivity contribution is 6.26. The van der Waals surface area contributed by atoms with Crippen molar-refractivity contribution in [1.29, 1.82) is 0 Å². The quantitative estimate of drug-likeness (QED) is 0.169. The number of benzene rings is 9. The molecule has 2 aromatic heterocycles. The zero-order valence-corrected chi connectivity index (χ0v) is 33.3. The molecule has 0 saturated carbocycles. The van der Waals surface area contributed by atoms with Crippen LogP contribution >= 0.6 is 0 Å². The standard InChI is InChI=1S/C55H41NO2/c1-54(2,3)45-22-14-24-49-50(45)43-31-46(51-40-20-10-12-21-44(40)55(4,5)52(51)53(43)58-49)56(33-26-28-48-42(30-33)39-19-11-13-23-47(39)57-48)32-25-27-38-36-17-7-6-15-34(36)35-16-8-9-18-37(35)41(38)29-32/h6-31H,1-5H3. The predicted octanol–water partition coefficient (Wildman–Crippen LogP) is 16.0. The van der Waals surface area contributed by atoms with Gasteiger partial charge in [-0.05, 0) is 103 Å². The Balaban J connectivity index is 1.26. The zero-order valence-electron chi connectivity index (χ0n) is 33.3. The fraction of sp³-hybridized carbons (Fsp3) is 0.127. The van der Waals surface area contributed by atoms with Gasteiger partial charge in [-0.25, -0.2) is 0 Å². The average Bonchev–Trinajstić information content (AvgIpc) is 3.88. The molecule has 0 N–H and O–H groups in total. The van der Waals surface area contributed by atoms with Crippen LogP contribution in [0.25, 0.3) is 87.3 Å². The topological polar surface area (TPSA) is 29.5 Å². The summed E-state index contributed by atoms with van der Waals surface area (Å²) in [4.78, 5) is 2.50. The molecule has 0 radical (unpaired) electrons. The molecule has 9 aromatic carbocycles. The Labute approximate surface area is 336 Å². The number of rotatable bonds is 3. The van der Waals surface area contributed by atoms with Crippen LogP contribution in [0.4, 0.5) is 17.1 Å². The Bertz CT molecular complexity index is 3500. The molecule has 3 nitrogen and oxygen atoms in total. The lowest BCUT2D eigenvalue weighted by Gasteiger charge is -2.30. The smallest absolute Gasteiger partial charge is 0.140 e. The van der Waals surface area contributed by atoms with Crippen molar-refractivity contribution in [2.24, 2.45) is 0 Å². The molecular formula is C55H41NO2.